The normalized spacial score (nSPS) is 13.1. The first-order chi connectivity index (χ1) is 57.7. The predicted octanol–water partition coefficient (Wildman–Crippen LogP) is 32.8. The minimum atomic E-state index is -0.163. The molecule has 568 valence electrons. The van der Waals surface area contributed by atoms with Gasteiger partial charge in [-0.1, -0.05) is 328 Å². The molecule has 0 bridgehead atoms. The van der Waals surface area contributed by atoms with E-state index < -0.39 is 0 Å². The molecule has 0 fully saturated rings. The molecule has 0 N–H and O–H groups in total. The minimum absolute atomic E-state index is 0.0281. The summed E-state index contributed by atoms with van der Waals surface area (Å²) in [5.74, 6) is 0. The molecular formula is C117H90N2. The second-order valence-corrected chi connectivity index (χ2v) is 36.7. The zero-order valence-electron chi connectivity index (χ0n) is 69.6. The Hall–Kier alpha value is -13.7. The second kappa shape index (κ2) is 25.7. The molecule has 119 heavy (non-hydrogen) atoms. The number of hydrogen-bond donors (Lipinski definition) is 0. The number of benzene rings is 21. The molecular weight excluding hydrogens is 1430 g/mol. The van der Waals surface area contributed by atoms with Crippen LogP contribution in [0.1, 0.15) is 100 Å². The number of fused-ring (bicyclic) bond motifs is 23. The van der Waals surface area contributed by atoms with Gasteiger partial charge in [0.2, 0.25) is 0 Å². The summed E-state index contributed by atoms with van der Waals surface area (Å²) >= 11 is 0. The van der Waals surface area contributed by atoms with Crippen LogP contribution in [0.2, 0.25) is 0 Å². The van der Waals surface area contributed by atoms with Crippen molar-refractivity contribution in [2.45, 2.75) is 99.3 Å². The van der Waals surface area contributed by atoms with E-state index in [1.807, 2.05) is 0 Å². The van der Waals surface area contributed by atoms with Gasteiger partial charge in [0.25, 0.3) is 0 Å². The van der Waals surface area contributed by atoms with Gasteiger partial charge in [-0.15, -0.1) is 0 Å². The first kappa shape index (κ1) is 70.7. The highest BCUT2D eigenvalue weighted by Gasteiger charge is 2.37. The van der Waals surface area contributed by atoms with Crippen molar-refractivity contribution >= 4 is 162 Å². The van der Waals surface area contributed by atoms with Crippen LogP contribution in [-0.4, -0.2) is 9.13 Å². The van der Waals surface area contributed by atoms with E-state index in [1.54, 1.807) is 0 Å². The largest absolute Gasteiger partial charge is 0.313 e. The Bertz CT molecular complexity index is 8360. The number of rotatable bonds is 5. The average molecular weight is 1520 g/mol. The van der Waals surface area contributed by atoms with Crippen molar-refractivity contribution in [3.05, 3.63) is 372 Å². The molecule has 1 aliphatic rings. The molecule has 0 amide bonds. The van der Waals surface area contributed by atoms with Crippen molar-refractivity contribution in [1.29, 1.82) is 0 Å². The summed E-state index contributed by atoms with van der Waals surface area (Å²) in [7, 11) is 0. The van der Waals surface area contributed by atoms with E-state index in [-0.39, 0.29) is 16.2 Å². The molecule has 2 nitrogen and oxygen atoms in total. The lowest BCUT2D eigenvalue weighted by Gasteiger charge is -2.30. The highest BCUT2D eigenvalue weighted by Crippen LogP contribution is 2.55. The van der Waals surface area contributed by atoms with E-state index in [9.17, 15) is 0 Å². The van der Waals surface area contributed by atoms with Crippen molar-refractivity contribution in [3.8, 4) is 55.9 Å². The second-order valence-electron chi connectivity index (χ2n) is 36.7. The van der Waals surface area contributed by atoms with Gasteiger partial charge in [0, 0.05) is 49.4 Å². The van der Waals surface area contributed by atoms with Crippen LogP contribution in [0, 0.1) is 27.7 Å². The molecule has 0 unspecified atom stereocenters. The van der Waals surface area contributed by atoms with Gasteiger partial charge >= 0.3 is 0 Å². The summed E-state index contributed by atoms with van der Waals surface area (Å²) in [6.07, 6.45) is 0. The monoisotopic (exact) mass is 1520 g/mol. The molecule has 2 heterocycles. The third-order valence-corrected chi connectivity index (χ3v) is 27.6. The van der Waals surface area contributed by atoms with E-state index in [4.69, 9.17) is 0 Å². The van der Waals surface area contributed by atoms with Gasteiger partial charge in [0.05, 0.1) is 16.7 Å². The minimum Gasteiger partial charge on any atom is -0.313 e. The maximum absolute atomic E-state index is 2.58. The molecule has 24 rings (SSSR count). The summed E-state index contributed by atoms with van der Waals surface area (Å²) in [6.45, 7) is 28.3. The van der Waals surface area contributed by atoms with Crippen molar-refractivity contribution in [1.82, 2.24) is 9.13 Å². The lowest BCUT2D eigenvalue weighted by atomic mass is 9.73. The summed E-state index contributed by atoms with van der Waals surface area (Å²) < 4.78 is 5.13. The first-order valence-corrected chi connectivity index (χ1v) is 42.5. The first-order valence-electron chi connectivity index (χ1n) is 42.5. The lowest BCUT2D eigenvalue weighted by molar-refractivity contribution is 0.593. The molecule has 0 aliphatic heterocycles. The van der Waals surface area contributed by atoms with Gasteiger partial charge < -0.3 is 9.13 Å². The van der Waals surface area contributed by atoms with Crippen LogP contribution in [0.25, 0.3) is 218 Å². The molecule has 0 atom stereocenters. The fraction of sp³-hybridized carbons (Fsp3) is 0.128. The van der Waals surface area contributed by atoms with Crippen molar-refractivity contribution in [3.63, 3.8) is 0 Å². The number of hydrogen-bond acceptors (Lipinski definition) is 0. The van der Waals surface area contributed by atoms with Gasteiger partial charge in [-0.05, 0) is 295 Å². The summed E-state index contributed by atoms with van der Waals surface area (Å²) in [6, 6.07) is 124. The van der Waals surface area contributed by atoms with Crippen LogP contribution >= 0.6 is 0 Å². The zero-order valence-corrected chi connectivity index (χ0v) is 69.6. The molecule has 0 spiro atoms. The predicted molar refractivity (Wildman–Crippen MR) is 516 cm³/mol. The third kappa shape index (κ3) is 10.3. The maximum Gasteiger partial charge on any atom is 0.0619 e. The quantitative estimate of drug-likeness (QED) is 0.120. The Morgan fingerprint density at radius 2 is 0.605 bits per heavy atom. The fourth-order valence-electron chi connectivity index (χ4n) is 22.0. The van der Waals surface area contributed by atoms with Gasteiger partial charge in [-0.3, -0.25) is 0 Å². The topological polar surface area (TPSA) is 9.86 Å². The fourth-order valence-corrected chi connectivity index (χ4v) is 22.0. The summed E-state index contributed by atoms with van der Waals surface area (Å²) in [5, 5.41) is 36.6. The van der Waals surface area contributed by atoms with Crippen LogP contribution in [0.3, 0.4) is 0 Å². The van der Waals surface area contributed by atoms with Crippen LogP contribution in [-0.2, 0) is 16.2 Å². The van der Waals surface area contributed by atoms with E-state index in [2.05, 4.69) is 420 Å². The Kier molecular flexibility index (Phi) is 15.3. The van der Waals surface area contributed by atoms with E-state index in [0.29, 0.717) is 0 Å². The van der Waals surface area contributed by atoms with Crippen LogP contribution in [0.5, 0.6) is 0 Å². The Morgan fingerprint density at radius 3 is 1.18 bits per heavy atom. The third-order valence-electron chi connectivity index (χ3n) is 27.6. The highest BCUT2D eigenvalue weighted by atomic mass is 15.0. The molecule has 2 aromatic heterocycles. The summed E-state index contributed by atoms with van der Waals surface area (Å²) in [4.78, 5) is 0. The number of nitrogens with zero attached hydrogens (tertiary/aromatic N) is 2. The maximum atomic E-state index is 2.58. The van der Waals surface area contributed by atoms with Crippen molar-refractivity contribution in [2.75, 3.05) is 0 Å². The van der Waals surface area contributed by atoms with Crippen LogP contribution in [0.15, 0.2) is 328 Å². The highest BCUT2D eigenvalue weighted by molar-refractivity contribution is 6.36. The van der Waals surface area contributed by atoms with Gasteiger partial charge in [-0.2, -0.15) is 0 Å². The van der Waals surface area contributed by atoms with Crippen LogP contribution in [0.4, 0.5) is 0 Å². The van der Waals surface area contributed by atoms with E-state index >= 15 is 0 Å². The van der Waals surface area contributed by atoms with Crippen molar-refractivity contribution in [2.24, 2.45) is 0 Å². The van der Waals surface area contributed by atoms with Gasteiger partial charge in [0.15, 0.2) is 0 Å². The number of aryl methyl sites for hydroxylation is 2. The molecule has 2 heteroatoms. The average Bonchev–Trinajstić information content (AvgIpc) is 1.60. The Balaban J connectivity index is 0.000000139. The SMILES string of the molecule is Cc1c(C)n(-c2ccc3c(c2)C(C)(C)c2cc(-c4ccc5ccccc5c4)ccc2-3)c2c3ccccc3c3cc(-c4ccc5ccccc5c4)c4ccccc4c3c12.Cc1c(C)n(-c2ccc3ccc4cccc5ccc2c3c45)c2c3ccccc3c3cc(-c4ccc5c(C(C)(C)C)c6ccccc6c(C(C)(C)C)c5c4)c4ccccc4c3c12. The smallest absolute Gasteiger partial charge is 0.0619 e. The van der Waals surface area contributed by atoms with Crippen molar-refractivity contribution < 1.29 is 0 Å². The number of aromatic nitrogens is 2. The molecule has 0 saturated heterocycles. The Labute approximate surface area is 693 Å². The molecule has 23 aromatic rings. The molecule has 0 radical (unpaired) electrons. The molecule has 21 aromatic carbocycles. The summed E-state index contributed by atoms with van der Waals surface area (Å²) in [5.41, 5.74) is 25.9. The lowest BCUT2D eigenvalue weighted by Crippen LogP contribution is -2.17. The molecule has 0 saturated carbocycles. The standard InChI is InChI=1S/C60H49N.C57H41N/c1-34-35(2)61(51-31-28-38-25-24-36-16-15-17-37-26-30-47(51)54(38)53(36)37)58-46-23-14-10-19-41(46)49-33-48(40-18-9-11-20-42(40)55(49)52(34)58)39-27-29-45-50(32-39)57(60(6,7)8)44-22-13-12-21-43(44)56(45)59(3,4)5;1-34-35(2)58(43-26-28-47-46-27-25-41(31-52(46)57(3,4)53(47)32-43)40-23-21-36-13-5-7-15-38(36)29-40)56-49-20-12-10-18-45(49)51-33-50(42-24-22-37-14-6-8-16-39(37)30-42)44-17-9-11-19-48(44)55(51)54(34)56/h9-33H,1-8H3;5-33H,1-4H3. The van der Waals surface area contributed by atoms with Gasteiger partial charge in [-0.25, -0.2) is 0 Å². The molecule has 1 aliphatic carbocycles. The van der Waals surface area contributed by atoms with E-state index in [0.717, 1.165) is 0 Å². The Morgan fingerprint density at radius 1 is 0.227 bits per heavy atom. The van der Waals surface area contributed by atoms with Crippen LogP contribution < -0.4 is 0 Å². The zero-order chi connectivity index (χ0) is 80.6. The van der Waals surface area contributed by atoms with Gasteiger partial charge in [0.1, 0.15) is 0 Å². The van der Waals surface area contributed by atoms with E-state index in [1.165, 1.54) is 262 Å².